The second-order valence-electron chi connectivity index (χ2n) is 3.97. The van der Waals surface area contributed by atoms with Crippen LogP contribution in [0.1, 0.15) is 6.92 Å². The molecule has 92 valence electrons. The number of hydrogen-bond donors (Lipinski definition) is 2. The van der Waals surface area contributed by atoms with Gasteiger partial charge < -0.3 is 11.5 Å². The molecule has 0 radical (unpaired) electrons. The van der Waals surface area contributed by atoms with Gasteiger partial charge in [-0.1, -0.05) is 11.6 Å². The summed E-state index contributed by atoms with van der Waals surface area (Å²) in [5.74, 6) is -0.259. The van der Waals surface area contributed by atoms with Gasteiger partial charge >= 0.3 is 0 Å². The topological polar surface area (TPSA) is 81.5 Å². The van der Waals surface area contributed by atoms with E-state index >= 15 is 0 Å². The highest BCUT2D eigenvalue weighted by Gasteiger charge is 2.21. The number of ketones is 1. The fraction of sp³-hybridized carbons (Fsp3) is 0.0769. The Morgan fingerprint density at radius 3 is 2.39 bits per heavy atom. The first-order chi connectivity index (χ1) is 8.49. The van der Waals surface area contributed by atoms with Gasteiger partial charge in [-0.25, -0.2) is 4.99 Å². The molecule has 1 aliphatic rings. The van der Waals surface area contributed by atoms with Crippen LogP contribution in [0, 0.1) is 0 Å². The van der Waals surface area contributed by atoms with E-state index in [0.29, 0.717) is 22.7 Å². The van der Waals surface area contributed by atoms with Crippen LogP contribution in [-0.2, 0) is 4.79 Å². The molecular formula is C13H12ClN3O. The first-order valence-corrected chi connectivity index (χ1v) is 5.69. The maximum absolute atomic E-state index is 11.6. The lowest BCUT2D eigenvalue weighted by atomic mass is 10.0. The van der Waals surface area contributed by atoms with Crippen molar-refractivity contribution in [3.8, 4) is 0 Å². The Labute approximate surface area is 110 Å². The van der Waals surface area contributed by atoms with Crippen molar-refractivity contribution in [2.45, 2.75) is 6.92 Å². The van der Waals surface area contributed by atoms with Crippen molar-refractivity contribution in [2.24, 2.45) is 10.7 Å². The van der Waals surface area contributed by atoms with Gasteiger partial charge in [0.05, 0.1) is 17.1 Å². The maximum atomic E-state index is 11.6. The zero-order valence-electron chi connectivity index (χ0n) is 9.77. The summed E-state index contributed by atoms with van der Waals surface area (Å²) in [4.78, 5) is 15.9. The number of carbonyl (C=O) groups is 1. The number of allylic oxidation sites excluding steroid dienone is 3. The van der Waals surface area contributed by atoms with E-state index < -0.39 is 0 Å². The number of halogens is 1. The summed E-state index contributed by atoms with van der Waals surface area (Å²) in [5.41, 5.74) is 13.9. The summed E-state index contributed by atoms with van der Waals surface area (Å²) in [7, 11) is 0. The predicted octanol–water partition coefficient (Wildman–Crippen LogP) is 2.28. The molecule has 0 saturated carbocycles. The Bertz CT molecular complexity index is 597. The van der Waals surface area contributed by atoms with Gasteiger partial charge in [-0.05, 0) is 37.3 Å². The van der Waals surface area contributed by atoms with Gasteiger partial charge in [0.15, 0.2) is 0 Å². The minimum absolute atomic E-state index is 0.0178. The minimum atomic E-state index is -0.259. The second kappa shape index (κ2) is 4.66. The predicted molar refractivity (Wildman–Crippen MR) is 73.8 cm³/mol. The van der Waals surface area contributed by atoms with Crippen molar-refractivity contribution in [2.75, 3.05) is 5.73 Å². The Morgan fingerprint density at radius 2 is 1.78 bits per heavy atom. The van der Waals surface area contributed by atoms with E-state index in [9.17, 15) is 4.79 Å². The molecule has 1 aromatic carbocycles. The molecule has 4 nitrogen and oxygen atoms in total. The lowest BCUT2D eigenvalue weighted by molar-refractivity contribution is -0.111. The van der Waals surface area contributed by atoms with E-state index in [-0.39, 0.29) is 16.5 Å². The van der Waals surface area contributed by atoms with E-state index in [0.717, 1.165) is 0 Å². The minimum Gasteiger partial charge on any atom is -0.399 e. The lowest BCUT2D eigenvalue weighted by Crippen LogP contribution is -2.20. The number of hydrogen-bond acceptors (Lipinski definition) is 4. The molecule has 0 heterocycles. The monoisotopic (exact) mass is 261 g/mol. The summed E-state index contributed by atoms with van der Waals surface area (Å²) in [6.07, 6.45) is 1.62. The highest BCUT2D eigenvalue weighted by Crippen LogP contribution is 2.23. The summed E-state index contributed by atoms with van der Waals surface area (Å²) >= 11 is 5.86. The number of aliphatic imine (C=N–C) groups is 1. The van der Waals surface area contributed by atoms with Gasteiger partial charge in [0.25, 0.3) is 0 Å². The molecule has 0 amide bonds. The number of nitrogens with zero attached hydrogens (tertiary/aromatic N) is 1. The molecule has 0 fully saturated rings. The highest BCUT2D eigenvalue weighted by molar-refractivity contribution is 6.49. The van der Waals surface area contributed by atoms with Gasteiger partial charge in [0.2, 0.25) is 5.78 Å². The average molecular weight is 262 g/mol. The third kappa shape index (κ3) is 2.28. The fourth-order valence-corrected chi connectivity index (χ4v) is 1.78. The summed E-state index contributed by atoms with van der Waals surface area (Å²) in [6, 6.07) is 7.02. The Hall–Kier alpha value is -2.07. The molecule has 2 rings (SSSR count). The first-order valence-electron chi connectivity index (χ1n) is 5.32. The van der Waals surface area contributed by atoms with E-state index in [1.54, 1.807) is 37.3 Å². The first kappa shape index (κ1) is 12.4. The number of benzene rings is 1. The molecule has 0 aromatic heterocycles. The molecule has 1 aliphatic carbocycles. The number of Topliss-reactive ketones (excluding diaryl/α,β-unsaturated/α-hetero) is 1. The molecule has 0 unspecified atom stereocenters. The van der Waals surface area contributed by atoms with Crippen LogP contribution in [0.25, 0.3) is 0 Å². The fourth-order valence-electron chi connectivity index (χ4n) is 1.54. The summed E-state index contributed by atoms with van der Waals surface area (Å²) in [6.45, 7) is 1.68. The van der Waals surface area contributed by atoms with E-state index in [2.05, 4.69) is 4.99 Å². The Balaban J connectivity index is 2.45. The smallest absolute Gasteiger partial charge is 0.202 e. The molecule has 0 spiro atoms. The maximum Gasteiger partial charge on any atom is 0.202 e. The molecule has 5 heteroatoms. The van der Waals surface area contributed by atoms with E-state index in [4.69, 9.17) is 23.1 Å². The van der Waals surface area contributed by atoms with Crippen molar-refractivity contribution in [3.05, 3.63) is 46.6 Å². The van der Waals surface area contributed by atoms with Crippen molar-refractivity contribution in [1.29, 1.82) is 0 Å². The molecule has 0 saturated heterocycles. The normalized spacial score (nSPS) is 18.2. The molecule has 18 heavy (non-hydrogen) atoms. The molecule has 0 atom stereocenters. The molecule has 0 aliphatic heterocycles. The van der Waals surface area contributed by atoms with Crippen molar-refractivity contribution in [3.63, 3.8) is 0 Å². The quantitative estimate of drug-likeness (QED) is 0.601. The van der Waals surface area contributed by atoms with E-state index in [1.807, 2.05) is 0 Å². The van der Waals surface area contributed by atoms with Crippen LogP contribution in [-0.4, -0.2) is 11.5 Å². The molecule has 0 bridgehead atoms. The standard InChI is InChI=1S/C13H12ClN3O/c1-7-6-10(12(16)11(14)13(7)18)17-9-4-2-8(15)3-5-9/h2-6H,15-16H2,1H3/b17-10+. The number of carbonyl (C=O) groups excluding carboxylic acids is 1. The molecular weight excluding hydrogens is 250 g/mol. The van der Waals surface area contributed by atoms with Crippen LogP contribution >= 0.6 is 11.6 Å². The Morgan fingerprint density at radius 1 is 1.17 bits per heavy atom. The zero-order valence-corrected chi connectivity index (χ0v) is 10.5. The highest BCUT2D eigenvalue weighted by atomic mass is 35.5. The van der Waals surface area contributed by atoms with Crippen molar-refractivity contribution in [1.82, 2.24) is 0 Å². The van der Waals surface area contributed by atoms with Gasteiger partial charge in [-0.15, -0.1) is 0 Å². The van der Waals surface area contributed by atoms with Crippen LogP contribution < -0.4 is 11.5 Å². The number of anilines is 1. The number of nitrogens with two attached hydrogens (primary N) is 2. The van der Waals surface area contributed by atoms with Crippen LogP contribution in [0.4, 0.5) is 11.4 Å². The largest absolute Gasteiger partial charge is 0.399 e. The van der Waals surface area contributed by atoms with Gasteiger partial charge in [-0.3, -0.25) is 4.79 Å². The van der Waals surface area contributed by atoms with Crippen LogP contribution in [0.15, 0.2) is 51.6 Å². The van der Waals surface area contributed by atoms with Gasteiger partial charge in [0.1, 0.15) is 5.03 Å². The third-order valence-corrected chi connectivity index (χ3v) is 2.94. The molecule has 1 aromatic rings. The van der Waals surface area contributed by atoms with Crippen LogP contribution in [0.5, 0.6) is 0 Å². The zero-order chi connectivity index (χ0) is 13.3. The molecule has 4 N–H and O–H groups in total. The number of rotatable bonds is 1. The SMILES string of the molecule is CC1=C/C(=N\c2ccc(N)cc2)C(N)=C(Cl)C1=O. The number of nitrogen functional groups attached to an aromatic ring is 1. The summed E-state index contributed by atoms with van der Waals surface area (Å²) in [5, 5.41) is 0.0178. The summed E-state index contributed by atoms with van der Waals surface area (Å²) < 4.78 is 0. The third-order valence-electron chi connectivity index (χ3n) is 2.57. The van der Waals surface area contributed by atoms with Crippen molar-refractivity contribution >= 4 is 34.5 Å². The van der Waals surface area contributed by atoms with Crippen LogP contribution in [0.3, 0.4) is 0 Å². The Kier molecular flexibility index (Phi) is 3.21. The average Bonchev–Trinajstić information content (AvgIpc) is 2.36. The van der Waals surface area contributed by atoms with Gasteiger partial charge in [-0.2, -0.15) is 0 Å². The van der Waals surface area contributed by atoms with Gasteiger partial charge in [0, 0.05) is 11.3 Å². The second-order valence-corrected chi connectivity index (χ2v) is 4.35. The lowest BCUT2D eigenvalue weighted by Gasteiger charge is -2.12. The van der Waals surface area contributed by atoms with E-state index in [1.165, 1.54) is 0 Å². The van der Waals surface area contributed by atoms with Crippen LogP contribution in [0.2, 0.25) is 0 Å². The van der Waals surface area contributed by atoms with Crippen molar-refractivity contribution < 1.29 is 4.79 Å².